The van der Waals surface area contributed by atoms with Gasteiger partial charge in [-0.3, -0.25) is 28.8 Å². The Bertz CT molecular complexity index is 6030. The summed E-state index contributed by atoms with van der Waals surface area (Å²) in [6.45, 7) is 62.0. The molecule has 18 aliphatic carbocycles. The van der Waals surface area contributed by atoms with E-state index in [9.17, 15) is 59.4 Å². The number of carboxylic acid groups (broad SMARTS) is 1. The monoisotopic (exact) mass is 1960 g/mol. The van der Waals surface area contributed by atoms with Crippen LogP contribution in [0.3, 0.4) is 0 Å². The summed E-state index contributed by atoms with van der Waals surface area (Å²) in [6.07, 6.45) is 51.8. The molecule has 16 heteroatoms. The van der Waals surface area contributed by atoms with Gasteiger partial charge in [0, 0.05) is 51.3 Å². The van der Waals surface area contributed by atoms with Gasteiger partial charge in [-0.25, -0.2) is 0 Å². The first-order valence-corrected chi connectivity index (χ1v) is 55.5. The van der Waals surface area contributed by atoms with Crippen molar-refractivity contribution in [2.24, 2.45) is 121 Å². The lowest BCUT2D eigenvalue weighted by molar-refractivity contribution is -0.182. The number of ether oxygens (including phenoxy) is 3. The Morgan fingerprint density at radius 1 is 0.385 bits per heavy atom. The quantitative estimate of drug-likeness (QED) is 0.0856. The number of aliphatic hydroxyl groups excluding tert-OH is 1. The van der Waals surface area contributed by atoms with Crippen LogP contribution in [-0.2, 0) is 66.6 Å². The van der Waals surface area contributed by atoms with E-state index < -0.39 is 22.2 Å². The van der Waals surface area contributed by atoms with Crippen molar-refractivity contribution in [2.75, 3.05) is 33.4 Å². The molecule has 2 aromatic carbocycles. The molecule has 0 bridgehead atoms. The lowest BCUT2D eigenvalue weighted by atomic mass is 9.34. The first-order chi connectivity index (χ1) is 66.1. The predicted octanol–water partition coefficient (Wildman–Crippen LogP) is 29.3. The topological polar surface area (TPSA) is 255 Å². The van der Waals surface area contributed by atoms with Crippen LogP contribution in [0.5, 0.6) is 23.0 Å². The Balaban J connectivity index is 0.000000131. The van der Waals surface area contributed by atoms with Crippen LogP contribution in [0, 0.1) is 135 Å². The van der Waals surface area contributed by atoms with Gasteiger partial charge in [-0.2, -0.15) is 0 Å². The van der Waals surface area contributed by atoms with E-state index in [1.54, 1.807) is 13.2 Å². The summed E-state index contributed by atoms with van der Waals surface area (Å²) in [5.41, 5.74) is 17.2. The molecule has 1 aliphatic heterocycles. The zero-order chi connectivity index (χ0) is 103. The van der Waals surface area contributed by atoms with Crippen molar-refractivity contribution in [1.29, 1.82) is 0 Å². The van der Waals surface area contributed by atoms with Crippen LogP contribution in [0.15, 0.2) is 128 Å². The van der Waals surface area contributed by atoms with Gasteiger partial charge in [-0.15, -0.1) is 0 Å². The first-order valence-electron chi connectivity index (χ1n) is 55.5. The highest BCUT2D eigenvalue weighted by molar-refractivity contribution is 6.07. The average molecular weight is 1960 g/mol. The zero-order valence-corrected chi connectivity index (χ0v) is 92.1. The van der Waals surface area contributed by atoms with Crippen LogP contribution in [0.1, 0.15) is 406 Å². The van der Waals surface area contributed by atoms with Gasteiger partial charge in [-0.05, 0) is 443 Å². The second kappa shape index (κ2) is 34.7. The van der Waals surface area contributed by atoms with Gasteiger partial charge in [0.1, 0.15) is 0 Å². The molecule has 2 aromatic rings. The van der Waals surface area contributed by atoms with E-state index in [-0.39, 0.29) is 152 Å². The first kappa shape index (κ1) is 106. The van der Waals surface area contributed by atoms with Crippen LogP contribution >= 0.6 is 0 Å². The predicted molar refractivity (Wildman–Crippen MR) is 568 cm³/mol. The zero-order valence-electron chi connectivity index (χ0n) is 92.1. The standard InChI is InChI=1S/C34H47NO3.C32H44O4.C31H44O4.C29H40O4.CH4/c1-22-23-10-11-26-32(4,24(23)20-25(36)28(22)37)15-17-34(6)27-21-31(3,29(38)35-18-8-7-9-19-35)13-12-30(27,2)14-16-33(26,34)5;1-9-36-27(34)29(4)13-12-28(3)14-16-31(6)24-11-10-21-20(2)26(35-8)23(33)18-22(21)30(24,5)15-17-32(31,7)25(28)19-29;1-8-35-26(34)28(4)12-11-27(3)13-15-30(6)23-10-9-20-19(2)25(33)22(32)17-21(20)29(23,5)14-16-31(30,7)24(27)18-28;1-17-18-7-8-21-27(4,19(18)15-20(30)23(17)31)12-14-29(6)22-16-26(3,24(32)33)10-9-25(22,2)11-13-28(21,29)5;/h10-11,20,27,37H,7-9,12-19,21H2,1-6H3;10-11,18,25H,9,12-17,19H2,1-8H3;10,17,24,32-33H,8-9,11-16,18H2,1-7H3;8,15,22,30-31H,7,9-14,16H2,1-6H3,(H,32,33);1H4/t27-,30-,31-,32+,33-,34+;25-,28-,29-,30+,31-,32+;24-,27-,28-,29+,30-,31+;22-,25-,26-,27+,28-,29+;/m1111./s1. The van der Waals surface area contributed by atoms with Gasteiger partial charge in [0.05, 0.1) is 36.6 Å². The maximum atomic E-state index is 14.0. The van der Waals surface area contributed by atoms with Crippen LogP contribution in [0.4, 0.5) is 0 Å². The number of aromatic hydroxyl groups is 4. The number of rotatable bonds is 7. The lowest BCUT2D eigenvalue weighted by Gasteiger charge is -2.70. The molecule has 1 heterocycles. The van der Waals surface area contributed by atoms with Crippen molar-refractivity contribution >= 4 is 35.4 Å². The Labute approximate surface area is 857 Å². The number of carbonyl (C=O) groups excluding carboxylic acids is 5. The summed E-state index contributed by atoms with van der Waals surface area (Å²) in [6, 6.07) is 3.65. The number of carboxylic acids is 1. The van der Waals surface area contributed by atoms with Gasteiger partial charge in [-0.1, -0.05) is 184 Å². The van der Waals surface area contributed by atoms with E-state index in [1.165, 1.54) is 70.2 Å². The highest BCUT2D eigenvalue weighted by atomic mass is 16.5. The number of hydrogen-bond donors (Lipinski definition) is 6. The summed E-state index contributed by atoms with van der Waals surface area (Å²) < 4.78 is 16.6. The number of ketones is 2. The number of benzene rings is 2. The smallest absolute Gasteiger partial charge is 0.311 e. The SMILES string of the molecule is C.CC1=C(O)C(=O)C=C2C1=CC=C1[C@@]2(C)CC[C@@]2(C)[C@@H]3C[C@](C)(C(=O)N4CCCCC4)CC[C@]3(C)CC[C@]12C.CCOC(=O)[C@]1(C)CC[C@]2(C)CC[C@]3(C)C4=CC=C5C(=CC(=O)C(OC)=C5C)[C@]4(C)CC[C@@]3(C)[C@@H]2C1.CCOC(=O)[C@]1(C)CC[C@]2(C)CC[C@]3(C)C4=CCc5c(cc(O)c(O)c5C)[C@]4(C)CC[C@@]3(C)[C@@H]2C1.Cc1c(O)c(O)cc2c1CC=C1[C@@]2(C)CC[C@@]2(C)[C@@H]3C[C@](C)(C(=O)O)CC[C@]3(C)CC[C@]12C. The van der Waals surface area contributed by atoms with Crippen LogP contribution in [0.2, 0.25) is 0 Å². The largest absolute Gasteiger partial charge is 0.504 e. The number of amides is 1. The van der Waals surface area contributed by atoms with E-state index >= 15 is 0 Å². The summed E-state index contributed by atoms with van der Waals surface area (Å²) in [4.78, 5) is 80.3. The minimum atomic E-state index is -0.641. The Kier molecular flexibility index (Phi) is 25.8. The molecule has 0 spiro atoms. The molecule has 1 amide bonds. The van der Waals surface area contributed by atoms with Crippen molar-refractivity contribution in [2.45, 2.75) is 410 Å². The molecule has 24 atom stereocenters. The van der Waals surface area contributed by atoms with Gasteiger partial charge in [0.2, 0.25) is 17.5 Å². The molecule has 0 unspecified atom stereocenters. The minimum Gasteiger partial charge on any atom is -0.504 e. The highest BCUT2D eigenvalue weighted by Crippen LogP contribution is 2.82. The number of nitrogens with zero attached hydrogens (tertiary/aromatic N) is 1. The molecule has 16 nitrogen and oxygen atoms in total. The van der Waals surface area contributed by atoms with Crippen LogP contribution < -0.4 is 0 Å². The fourth-order valence-corrected chi connectivity index (χ4v) is 37.4. The fourth-order valence-electron chi connectivity index (χ4n) is 37.4. The number of carbonyl (C=O) groups is 6. The third kappa shape index (κ3) is 14.9. The number of piperidine rings is 1. The van der Waals surface area contributed by atoms with Crippen molar-refractivity contribution < 1.29 is 73.6 Å². The van der Waals surface area contributed by atoms with E-state index in [0.717, 1.165) is 238 Å². The summed E-state index contributed by atoms with van der Waals surface area (Å²) in [5.74, 6) is 1.58. The van der Waals surface area contributed by atoms with Gasteiger partial charge in [0.15, 0.2) is 34.5 Å². The molecule has 6 N–H and O–H groups in total. The van der Waals surface area contributed by atoms with E-state index in [1.807, 2.05) is 66.7 Å². The summed E-state index contributed by atoms with van der Waals surface area (Å²) in [7, 11) is 1.59. The molecule has 0 radical (unpaired) electrons. The lowest BCUT2D eigenvalue weighted by Crippen LogP contribution is -2.62. The fraction of sp³-hybridized carbons (Fsp3) is 0.701. The molecule has 21 rings (SSSR count). The van der Waals surface area contributed by atoms with Crippen molar-refractivity contribution in [1.82, 2.24) is 4.90 Å². The number of phenols is 4. The number of allylic oxidation sites excluding steroid dienone is 18. The Hall–Kier alpha value is -8.14. The van der Waals surface area contributed by atoms with Crippen molar-refractivity contribution in [3.63, 3.8) is 0 Å². The molecule has 1 saturated heterocycles. The summed E-state index contributed by atoms with van der Waals surface area (Å²) in [5, 5.41) is 62.2. The second-order valence-electron chi connectivity index (χ2n) is 55.0. The van der Waals surface area contributed by atoms with E-state index in [4.69, 9.17) is 14.2 Å². The number of aliphatic carboxylic acids is 1. The molecule has 12 saturated carbocycles. The number of methoxy groups -OCH3 is 1. The van der Waals surface area contributed by atoms with E-state index in [2.05, 4.69) is 173 Å². The maximum Gasteiger partial charge on any atom is 0.311 e. The molecule has 143 heavy (non-hydrogen) atoms. The van der Waals surface area contributed by atoms with Crippen molar-refractivity contribution in [3.8, 4) is 23.0 Å². The summed E-state index contributed by atoms with van der Waals surface area (Å²) >= 11 is 0. The number of phenolic OH excluding ortho intramolecular Hbond substituents is 4. The van der Waals surface area contributed by atoms with Crippen LogP contribution in [-0.4, -0.2) is 104 Å². The number of hydrogen-bond acceptors (Lipinski definition) is 14. The second-order valence-corrected chi connectivity index (χ2v) is 55.0. The molecule has 19 aliphatic rings. The third-order valence-corrected chi connectivity index (χ3v) is 48.3. The van der Waals surface area contributed by atoms with Gasteiger partial charge >= 0.3 is 17.9 Å². The number of esters is 2. The Morgan fingerprint density at radius 3 is 1.07 bits per heavy atom. The van der Waals surface area contributed by atoms with Gasteiger partial charge in [0.25, 0.3) is 0 Å². The molecular formula is C127H179NO15. The number of aliphatic hydroxyl groups is 1. The van der Waals surface area contributed by atoms with Crippen molar-refractivity contribution in [3.05, 3.63) is 161 Å². The van der Waals surface area contributed by atoms with E-state index in [0.29, 0.717) is 54.1 Å². The highest BCUT2D eigenvalue weighted by Gasteiger charge is 2.74. The minimum absolute atomic E-state index is 0. The number of fused-ring (bicyclic) bond motifs is 28. The normalized spacial score (nSPS) is 43.4. The van der Waals surface area contributed by atoms with Crippen LogP contribution in [0.25, 0.3) is 0 Å². The average Bonchev–Trinajstić information content (AvgIpc) is 0.685. The maximum absolute atomic E-state index is 14.0. The number of likely N-dealkylation sites (tertiary alicyclic amines) is 1. The molecule has 13 fully saturated rings. The third-order valence-electron chi connectivity index (χ3n) is 48.3. The molecule has 782 valence electrons. The van der Waals surface area contributed by atoms with Gasteiger partial charge < -0.3 is 49.7 Å². The molecular weight excluding hydrogens is 1780 g/mol. The Morgan fingerprint density at radius 2 is 0.706 bits per heavy atom. The molecule has 0 aromatic heterocycles.